The van der Waals surface area contributed by atoms with E-state index in [1.54, 1.807) is 17.3 Å². The molecule has 3 heterocycles. The Labute approximate surface area is 161 Å². The van der Waals surface area contributed by atoms with E-state index in [9.17, 15) is 4.79 Å². The van der Waals surface area contributed by atoms with Crippen molar-refractivity contribution >= 4 is 5.91 Å². The maximum absolute atomic E-state index is 12.9. The van der Waals surface area contributed by atoms with Crippen LogP contribution in [0.2, 0.25) is 0 Å². The van der Waals surface area contributed by atoms with Crippen LogP contribution >= 0.6 is 0 Å². The molecule has 1 amide bonds. The molecular weight excluding hydrogens is 358 g/mol. The van der Waals surface area contributed by atoms with Gasteiger partial charge < -0.3 is 24.1 Å². The average molecular weight is 377 g/mol. The molecule has 5 rings (SSSR count). The molecule has 142 valence electrons. The molecule has 0 saturated carbocycles. The molecule has 3 aromatic rings. The Morgan fingerprint density at radius 3 is 2.57 bits per heavy atom. The number of benzene rings is 2. The summed E-state index contributed by atoms with van der Waals surface area (Å²) in [5, 5.41) is 0. The van der Waals surface area contributed by atoms with E-state index in [2.05, 4.69) is 9.97 Å². The van der Waals surface area contributed by atoms with E-state index in [0.29, 0.717) is 24.7 Å². The molecule has 0 radical (unpaired) electrons. The number of nitrogens with zero attached hydrogens (tertiary/aromatic N) is 2. The summed E-state index contributed by atoms with van der Waals surface area (Å²) in [6.07, 6.45) is 2.71. The average Bonchev–Trinajstić information content (AvgIpc) is 3.45. The van der Waals surface area contributed by atoms with Crippen molar-refractivity contribution < 1.29 is 19.0 Å². The van der Waals surface area contributed by atoms with Gasteiger partial charge >= 0.3 is 0 Å². The van der Waals surface area contributed by atoms with Gasteiger partial charge in [0.25, 0.3) is 5.91 Å². The second-order valence-electron chi connectivity index (χ2n) is 6.78. The summed E-state index contributed by atoms with van der Waals surface area (Å²) >= 11 is 0. The summed E-state index contributed by atoms with van der Waals surface area (Å²) in [5.41, 5.74) is 1.98. The Balaban J connectivity index is 1.47. The van der Waals surface area contributed by atoms with Crippen molar-refractivity contribution in [1.82, 2.24) is 14.9 Å². The smallest absolute Gasteiger partial charge is 0.289 e. The molecule has 1 saturated heterocycles. The van der Waals surface area contributed by atoms with Gasteiger partial charge in [0.15, 0.2) is 17.3 Å². The van der Waals surface area contributed by atoms with Gasteiger partial charge in [-0.25, -0.2) is 4.98 Å². The van der Waals surface area contributed by atoms with E-state index in [-0.39, 0.29) is 24.9 Å². The quantitative estimate of drug-likeness (QED) is 0.759. The molecule has 0 spiro atoms. The second-order valence-corrected chi connectivity index (χ2v) is 6.78. The van der Waals surface area contributed by atoms with E-state index in [4.69, 9.17) is 14.2 Å². The topological polar surface area (TPSA) is 76.7 Å². The number of carbonyl (C=O) groups excluding carboxylic acids is 1. The van der Waals surface area contributed by atoms with Crippen LogP contribution in [0.4, 0.5) is 0 Å². The molecular formula is C21H19N3O4. The Morgan fingerprint density at radius 1 is 1.00 bits per heavy atom. The summed E-state index contributed by atoms with van der Waals surface area (Å²) in [7, 11) is 0. The number of morpholine rings is 1. The normalized spacial score (nSPS) is 20.9. The molecule has 28 heavy (non-hydrogen) atoms. The van der Waals surface area contributed by atoms with E-state index in [1.165, 1.54) is 0 Å². The molecule has 0 aliphatic carbocycles. The number of H-pyrrole nitrogens is 1. The molecule has 2 atom stereocenters. The summed E-state index contributed by atoms with van der Waals surface area (Å²) in [6, 6.07) is 15.7. The summed E-state index contributed by atoms with van der Waals surface area (Å²) in [6.45, 7) is 1.12. The minimum Gasteiger partial charge on any atom is -0.454 e. The molecule has 7 heteroatoms. The third-order valence-electron chi connectivity index (χ3n) is 5.03. The zero-order chi connectivity index (χ0) is 18.9. The van der Waals surface area contributed by atoms with Crippen LogP contribution in [0.25, 0.3) is 0 Å². The van der Waals surface area contributed by atoms with Crippen molar-refractivity contribution in [2.75, 3.05) is 19.9 Å². The molecule has 2 aliphatic rings. The van der Waals surface area contributed by atoms with Gasteiger partial charge in [0.05, 0.1) is 13.1 Å². The van der Waals surface area contributed by atoms with E-state index < -0.39 is 0 Å². The van der Waals surface area contributed by atoms with Gasteiger partial charge in [-0.15, -0.1) is 0 Å². The standard InChI is InChI=1S/C21H19N3O4/c25-21(20-22-8-9-23-20)24-11-18(14-4-2-1-3-5-14)28-19(12-24)15-6-7-16-17(10-15)27-13-26-16/h1-10,18-19H,11-13H2,(H,22,23)/t18-,19+/m0/s1. The van der Waals surface area contributed by atoms with Crippen LogP contribution in [-0.2, 0) is 4.74 Å². The lowest BCUT2D eigenvalue weighted by Crippen LogP contribution is -2.44. The van der Waals surface area contributed by atoms with Crippen molar-refractivity contribution in [3.8, 4) is 11.5 Å². The van der Waals surface area contributed by atoms with Crippen molar-refractivity contribution in [3.05, 3.63) is 77.9 Å². The fourth-order valence-corrected chi connectivity index (χ4v) is 3.61. The first-order valence-electron chi connectivity index (χ1n) is 9.16. The molecule has 7 nitrogen and oxygen atoms in total. The summed E-state index contributed by atoms with van der Waals surface area (Å²) < 4.78 is 17.3. The fourth-order valence-electron chi connectivity index (χ4n) is 3.61. The lowest BCUT2D eigenvalue weighted by molar-refractivity contribution is -0.0799. The van der Waals surface area contributed by atoms with Crippen LogP contribution in [0.15, 0.2) is 60.9 Å². The molecule has 1 N–H and O–H groups in total. The molecule has 1 aromatic heterocycles. The maximum atomic E-state index is 12.9. The van der Waals surface area contributed by atoms with E-state index >= 15 is 0 Å². The maximum Gasteiger partial charge on any atom is 0.289 e. The van der Waals surface area contributed by atoms with Gasteiger partial charge in [-0.1, -0.05) is 36.4 Å². The highest BCUT2D eigenvalue weighted by atomic mass is 16.7. The minimum absolute atomic E-state index is 0.139. The van der Waals surface area contributed by atoms with E-state index in [1.807, 2.05) is 48.5 Å². The third kappa shape index (κ3) is 3.10. The monoisotopic (exact) mass is 377 g/mol. The SMILES string of the molecule is O=C(c1ncc[nH]1)N1C[C@@H](c2ccccc2)O[C@@H](c2ccc3c(c2)OCO3)C1. The number of aromatic amines is 1. The number of fused-ring (bicyclic) bond motifs is 1. The first kappa shape index (κ1) is 16.8. The predicted molar refractivity (Wildman–Crippen MR) is 100 cm³/mol. The Hall–Kier alpha value is -3.32. The number of aromatic nitrogens is 2. The summed E-state index contributed by atoms with van der Waals surface area (Å²) in [5.74, 6) is 1.62. The zero-order valence-corrected chi connectivity index (χ0v) is 15.1. The van der Waals surface area contributed by atoms with Crippen molar-refractivity contribution in [1.29, 1.82) is 0 Å². The highest BCUT2D eigenvalue weighted by Crippen LogP contribution is 2.38. The second kappa shape index (κ2) is 7.01. The Bertz CT molecular complexity index is 975. The van der Waals surface area contributed by atoms with Crippen LogP contribution in [0.1, 0.15) is 34.0 Å². The van der Waals surface area contributed by atoms with Gasteiger partial charge in [-0.3, -0.25) is 4.79 Å². The predicted octanol–water partition coefficient (Wildman–Crippen LogP) is 3.09. The first-order chi connectivity index (χ1) is 13.8. The number of ether oxygens (including phenoxy) is 3. The van der Waals surface area contributed by atoms with Gasteiger partial charge in [0.1, 0.15) is 12.2 Å². The van der Waals surface area contributed by atoms with Crippen LogP contribution < -0.4 is 9.47 Å². The van der Waals surface area contributed by atoms with Crippen molar-refractivity contribution in [2.24, 2.45) is 0 Å². The lowest BCUT2D eigenvalue weighted by atomic mass is 10.0. The minimum atomic E-state index is -0.285. The number of nitrogens with one attached hydrogen (secondary N) is 1. The highest BCUT2D eigenvalue weighted by Gasteiger charge is 2.34. The highest BCUT2D eigenvalue weighted by molar-refractivity contribution is 5.90. The van der Waals surface area contributed by atoms with Crippen molar-refractivity contribution in [3.63, 3.8) is 0 Å². The number of hydrogen-bond acceptors (Lipinski definition) is 5. The lowest BCUT2D eigenvalue weighted by Gasteiger charge is -2.38. The van der Waals surface area contributed by atoms with Gasteiger partial charge in [0, 0.05) is 12.4 Å². The van der Waals surface area contributed by atoms with Gasteiger partial charge in [-0.05, 0) is 23.3 Å². The molecule has 1 fully saturated rings. The number of amides is 1. The van der Waals surface area contributed by atoms with Crippen LogP contribution in [0.3, 0.4) is 0 Å². The number of carbonyl (C=O) groups is 1. The summed E-state index contributed by atoms with van der Waals surface area (Å²) in [4.78, 5) is 21.7. The Kier molecular flexibility index (Phi) is 4.21. The third-order valence-corrected chi connectivity index (χ3v) is 5.03. The van der Waals surface area contributed by atoms with Crippen LogP contribution in [0, 0.1) is 0 Å². The van der Waals surface area contributed by atoms with Crippen molar-refractivity contribution in [2.45, 2.75) is 12.2 Å². The van der Waals surface area contributed by atoms with E-state index in [0.717, 1.165) is 16.9 Å². The molecule has 2 aromatic carbocycles. The Morgan fingerprint density at radius 2 is 1.79 bits per heavy atom. The van der Waals surface area contributed by atoms with Gasteiger partial charge in [0.2, 0.25) is 6.79 Å². The number of hydrogen-bond donors (Lipinski definition) is 1. The fraction of sp³-hybridized carbons (Fsp3) is 0.238. The van der Waals surface area contributed by atoms with Gasteiger partial charge in [-0.2, -0.15) is 0 Å². The van der Waals surface area contributed by atoms with Crippen LogP contribution in [-0.4, -0.2) is 40.7 Å². The number of imidazole rings is 1. The largest absolute Gasteiger partial charge is 0.454 e. The van der Waals surface area contributed by atoms with Crippen LogP contribution in [0.5, 0.6) is 11.5 Å². The molecule has 0 bridgehead atoms. The molecule has 2 aliphatic heterocycles. The number of rotatable bonds is 3. The first-order valence-corrected chi connectivity index (χ1v) is 9.16. The molecule has 0 unspecified atom stereocenters. The zero-order valence-electron chi connectivity index (χ0n) is 15.1.